The Morgan fingerprint density at radius 3 is 2.73 bits per heavy atom. The fourth-order valence-corrected chi connectivity index (χ4v) is 3.70. The van der Waals surface area contributed by atoms with Crippen LogP contribution < -0.4 is 0 Å². The molecule has 0 amide bonds. The number of piperazine rings is 1. The molecule has 5 nitrogen and oxygen atoms in total. The Labute approximate surface area is 132 Å². The molecule has 2 aliphatic heterocycles. The molecule has 2 aliphatic rings. The van der Waals surface area contributed by atoms with Crippen molar-refractivity contribution in [1.29, 1.82) is 0 Å². The van der Waals surface area contributed by atoms with Gasteiger partial charge in [0.2, 0.25) is 0 Å². The van der Waals surface area contributed by atoms with Gasteiger partial charge >= 0.3 is 0 Å². The zero-order chi connectivity index (χ0) is 15.4. The number of hydrogen-bond donors (Lipinski definition) is 1. The van der Waals surface area contributed by atoms with Gasteiger partial charge in [-0.1, -0.05) is 0 Å². The minimum absolute atomic E-state index is 0.250. The smallest absolute Gasteiger partial charge is 0.118 e. The summed E-state index contributed by atoms with van der Waals surface area (Å²) in [5, 5.41) is 9.41. The van der Waals surface area contributed by atoms with Gasteiger partial charge in [-0.25, -0.2) is 0 Å². The van der Waals surface area contributed by atoms with Gasteiger partial charge in [-0.05, 0) is 38.3 Å². The Kier molecular flexibility index (Phi) is 5.52. The Morgan fingerprint density at radius 1 is 1.23 bits per heavy atom. The highest BCUT2D eigenvalue weighted by molar-refractivity contribution is 5.06. The minimum atomic E-state index is 0.250. The first kappa shape index (κ1) is 16.0. The normalized spacial score (nSPS) is 25.6. The van der Waals surface area contributed by atoms with E-state index in [0.29, 0.717) is 12.1 Å². The summed E-state index contributed by atoms with van der Waals surface area (Å²) in [6.07, 6.45) is 3.12. The second-order valence-corrected chi connectivity index (χ2v) is 6.49. The molecule has 5 heteroatoms. The van der Waals surface area contributed by atoms with E-state index in [9.17, 15) is 5.11 Å². The molecule has 0 unspecified atom stereocenters. The van der Waals surface area contributed by atoms with Gasteiger partial charge in [0.15, 0.2) is 0 Å². The van der Waals surface area contributed by atoms with Crippen molar-refractivity contribution in [2.75, 3.05) is 39.5 Å². The van der Waals surface area contributed by atoms with Gasteiger partial charge in [0.05, 0.1) is 6.54 Å². The first-order valence-corrected chi connectivity index (χ1v) is 8.48. The maximum Gasteiger partial charge on any atom is 0.118 e. The summed E-state index contributed by atoms with van der Waals surface area (Å²) in [5.74, 6) is 1.99. The molecule has 0 saturated carbocycles. The van der Waals surface area contributed by atoms with E-state index in [2.05, 4.69) is 15.9 Å². The van der Waals surface area contributed by atoms with Crippen molar-refractivity contribution in [1.82, 2.24) is 9.80 Å². The van der Waals surface area contributed by atoms with Crippen molar-refractivity contribution >= 4 is 0 Å². The van der Waals surface area contributed by atoms with Crippen LogP contribution in [0, 0.1) is 6.92 Å². The van der Waals surface area contributed by atoms with E-state index in [1.807, 2.05) is 13.0 Å². The van der Waals surface area contributed by atoms with E-state index in [-0.39, 0.29) is 6.61 Å². The van der Waals surface area contributed by atoms with Crippen LogP contribution in [-0.4, -0.2) is 66.4 Å². The number of rotatable bonds is 5. The van der Waals surface area contributed by atoms with Gasteiger partial charge in [0.25, 0.3) is 0 Å². The molecule has 3 rings (SSSR count). The quantitative estimate of drug-likeness (QED) is 0.896. The predicted molar refractivity (Wildman–Crippen MR) is 84.8 cm³/mol. The molecule has 124 valence electrons. The van der Waals surface area contributed by atoms with Crippen molar-refractivity contribution in [2.45, 2.75) is 44.8 Å². The van der Waals surface area contributed by atoms with Crippen molar-refractivity contribution in [3.05, 3.63) is 23.7 Å². The molecule has 2 saturated heterocycles. The lowest BCUT2D eigenvalue weighted by atomic mass is 10.0. The second kappa shape index (κ2) is 7.59. The van der Waals surface area contributed by atoms with Crippen molar-refractivity contribution in [3.8, 4) is 0 Å². The van der Waals surface area contributed by atoms with E-state index in [0.717, 1.165) is 70.2 Å². The van der Waals surface area contributed by atoms with E-state index in [1.165, 1.54) is 0 Å². The Morgan fingerprint density at radius 2 is 2.05 bits per heavy atom. The lowest BCUT2D eigenvalue weighted by Gasteiger charge is -2.45. The van der Waals surface area contributed by atoms with Crippen LogP contribution in [0.4, 0.5) is 0 Å². The van der Waals surface area contributed by atoms with Crippen LogP contribution in [0.15, 0.2) is 16.5 Å². The summed E-state index contributed by atoms with van der Waals surface area (Å²) < 4.78 is 11.2. The van der Waals surface area contributed by atoms with Crippen molar-refractivity contribution < 1.29 is 14.3 Å². The summed E-state index contributed by atoms with van der Waals surface area (Å²) in [7, 11) is 0. The SMILES string of the molecule is Cc1ccc(CN2CCN(C3CCOCC3)C[C@@H]2CCO)o1. The zero-order valence-corrected chi connectivity index (χ0v) is 13.5. The number of aliphatic hydroxyl groups excluding tert-OH is 1. The standard InChI is InChI=1S/C17H28N2O3/c1-14-2-3-17(22-14)13-19-8-7-18(12-16(19)4-9-20)15-5-10-21-11-6-15/h2-3,15-16,20H,4-13H2,1H3/t16-/m0/s1. The summed E-state index contributed by atoms with van der Waals surface area (Å²) in [6.45, 7) is 8.05. The molecule has 22 heavy (non-hydrogen) atoms. The topological polar surface area (TPSA) is 49.1 Å². The molecular weight excluding hydrogens is 280 g/mol. The highest BCUT2D eigenvalue weighted by atomic mass is 16.5. The number of aliphatic hydroxyl groups is 1. The third-order valence-corrected chi connectivity index (χ3v) is 4.96. The minimum Gasteiger partial charge on any atom is -0.465 e. The maximum atomic E-state index is 9.41. The van der Waals surface area contributed by atoms with Crippen LogP contribution in [0.5, 0.6) is 0 Å². The molecule has 0 bridgehead atoms. The molecule has 1 atom stereocenters. The fraction of sp³-hybridized carbons (Fsp3) is 0.765. The van der Waals surface area contributed by atoms with Crippen molar-refractivity contribution in [3.63, 3.8) is 0 Å². The monoisotopic (exact) mass is 308 g/mol. The van der Waals surface area contributed by atoms with E-state index < -0.39 is 0 Å². The summed E-state index contributed by atoms with van der Waals surface area (Å²) in [4.78, 5) is 5.07. The lowest BCUT2D eigenvalue weighted by molar-refractivity contribution is -0.0132. The number of ether oxygens (including phenoxy) is 1. The van der Waals surface area contributed by atoms with Crippen LogP contribution in [-0.2, 0) is 11.3 Å². The first-order valence-electron chi connectivity index (χ1n) is 8.48. The Bertz CT molecular complexity index is 457. The maximum absolute atomic E-state index is 9.41. The molecule has 0 aromatic carbocycles. The second-order valence-electron chi connectivity index (χ2n) is 6.49. The van der Waals surface area contributed by atoms with Crippen LogP contribution >= 0.6 is 0 Å². The van der Waals surface area contributed by atoms with Gasteiger partial charge in [-0.2, -0.15) is 0 Å². The summed E-state index contributed by atoms with van der Waals surface area (Å²) in [5.41, 5.74) is 0. The Balaban J connectivity index is 1.60. The molecule has 1 aromatic rings. The molecule has 3 heterocycles. The molecule has 2 fully saturated rings. The Hall–Kier alpha value is -0.880. The van der Waals surface area contributed by atoms with Crippen LogP contribution in [0.25, 0.3) is 0 Å². The van der Waals surface area contributed by atoms with Crippen molar-refractivity contribution in [2.24, 2.45) is 0 Å². The van der Waals surface area contributed by atoms with Gasteiger partial charge < -0.3 is 14.3 Å². The average molecular weight is 308 g/mol. The zero-order valence-electron chi connectivity index (χ0n) is 13.5. The fourth-order valence-electron chi connectivity index (χ4n) is 3.70. The van der Waals surface area contributed by atoms with E-state index >= 15 is 0 Å². The number of hydrogen-bond acceptors (Lipinski definition) is 5. The largest absolute Gasteiger partial charge is 0.465 e. The van der Waals surface area contributed by atoms with Crippen LogP contribution in [0.3, 0.4) is 0 Å². The highest BCUT2D eigenvalue weighted by Crippen LogP contribution is 2.22. The van der Waals surface area contributed by atoms with Crippen LogP contribution in [0.1, 0.15) is 30.8 Å². The van der Waals surface area contributed by atoms with Crippen LogP contribution in [0.2, 0.25) is 0 Å². The van der Waals surface area contributed by atoms with Gasteiger partial charge in [0, 0.05) is 51.5 Å². The molecule has 0 aliphatic carbocycles. The third kappa shape index (κ3) is 3.90. The molecule has 1 aromatic heterocycles. The van der Waals surface area contributed by atoms with Gasteiger partial charge in [-0.3, -0.25) is 9.80 Å². The third-order valence-electron chi connectivity index (χ3n) is 4.96. The molecule has 0 radical (unpaired) electrons. The summed E-state index contributed by atoms with van der Waals surface area (Å²) >= 11 is 0. The number of nitrogens with zero attached hydrogens (tertiary/aromatic N) is 2. The average Bonchev–Trinajstić information content (AvgIpc) is 2.95. The first-order chi connectivity index (χ1) is 10.8. The van der Waals surface area contributed by atoms with Gasteiger partial charge in [0.1, 0.15) is 11.5 Å². The number of aryl methyl sites for hydroxylation is 1. The van der Waals surface area contributed by atoms with Gasteiger partial charge in [-0.15, -0.1) is 0 Å². The van der Waals surface area contributed by atoms with E-state index in [4.69, 9.17) is 9.15 Å². The lowest BCUT2D eigenvalue weighted by Crippen LogP contribution is -2.56. The molecular formula is C17H28N2O3. The summed E-state index contributed by atoms with van der Waals surface area (Å²) in [6, 6.07) is 5.15. The molecule has 1 N–H and O–H groups in total. The predicted octanol–water partition coefficient (Wildman–Crippen LogP) is 1.64. The molecule has 0 spiro atoms. The number of furan rings is 1. The van der Waals surface area contributed by atoms with E-state index in [1.54, 1.807) is 0 Å². The highest BCUT2D eigenvalue weighted by Gasteiger charge is 2.31.